The molecule has 1 aliphatic rings. The van der Waals surface area contributed by atoms with Crippen molar-refractivity contribution in [3.8, 4) is 5.69 Å². The van der Waals surface area contributed by atoms with Gasteiger partial charge in [0.25, 0.3) is 0 Å². The number of nitrogens with zero attached hydrogens (tertiary/aromatic N) is 2. The monoisotopic (exact) mass is 337 g/mol. The van der Waals surface area contributed by atoms with Crippen molar-refractivity contribution >= 4 is 0 Å². The lowest BCUT2D eigenvalue weighted by Crippen LogP contribution is -2.24. The fourth-order valence-electron chi connectivity index (χ4n) is 3.53. The average molecular weight is 337 g/mol. The van der Waals surface area contributed by atoms with Crippen molar-refractivity contribution in [2.45, 2.75) is 51.2 Å². The van der Waals surface area contributed by atoms with Crippen LogP contribution in [-0.2, 0) is 6.18 Å². The Balaban J connectivity index is 1.83. The van der Waals surface area contributed by atoms with Crippen LogP contribution in [0.5, 0.6) is 0 Å². The fraction of sp³-hybridized carbons (Fsp3) is 0.500. The van der Waals surface area contributed by atoms with Crippen molar-refractivity contribution in [2.24, 2.45) is 11.7 Å². The van der Waals surface area contributed by atoms with Crippen LogP contribution in [-0.4, -0.2) is 9.78 Å². The number of hydrogen-bond donors (Lipinski definition) is 1. The van der Waals surface area contributed by atoms with Gasteiger partial charge in [0.1, 0.15) is 0 Å². The molecule has 1 aliphatic carbocycles. The van der Waals surface area contributed by atoms with E-state index >= 15 is 0 Å². The molecule has 1 aromatic heterocycles. The lowest BCUT2D eigenvalue weighted by molar-refractivity contribution is -0.137. The molecule has 1 fully saturated rings. The summed E-state index contributed by atoms with van der Waals surface area (Å²) in [4.78, 5) is 0. The number of nitrogens with two attached hydrogens (primary N) is 1. The summed E-state index contributed by atoms with van der Waals surface area (Å²) in [6, 6.07) is 5.56. The van der Waals surface area contributed by atoms with Gasteiger partial charge in [0.05, 0.1) is 17.4 Å². The topological polar surface area (TPSA) is 43.8 Å². The summed E-state index contributed by atoms with van der Waals surface area (Å²) in [6.07, 6.45) is 3.50. The van der Waals surface area contributed by atoms with Gasteiger partial charge in [-0.2, -0.15) is 18.3 Å². The molecule has 24 heavy (non-hydrogen) atoms. The van der Waals surface area contributed by atoms with Crippen molar-refractivity contribution in [1.82, 2.24) is 9.78 Å². The first-order valence-corrected chi connectivity index (χ1v) is 8.34. The third-order valence-corrected chi connectivity index (χ3v) is 4.94. The summed E-state index contributed by atoms with van der Waals surface area (Å²) >= 11 is 0. The van der Waals surface area contributed by atoms with E-state index < -0.39 is 11.7 Å². The van der Waals surface area contributed by atoms with Gasteiger partial charge in [0, 0.05) is 12.2 Å². The molecule has 0 saturated heterocycles. The summed E-state index contributed by atoms with van der Waals surface area (Å²) < 4.78 is 39.4. The second kappa shape index (κ2) is 6.59. The van der Waals surface area contributed by atoms with Crippen LogP contribution in [0.2, 0.25) is 0 Å². The van der Waals surface area contributed by atoms with E-state index in [1.54, 1.807) is 6.07 Å². The molecule has 3 rings (SSSR count). The lowest BCUT2D eigenvalue weighted by atomic mass is 9.80. The Morgan fingerprint density at radius 3 is 2.50 bits per heavy atom. The summed E-state index contributed by atoms with van der Waals surface area (Å²) in [5.74, 6) is 0.491. The largest absolute Gasteiger partial charge is 0.419 e. The molecule has 1 unspecified atom stereocenters. The summed E-state index contributed by atoms with van der Waals surface area (Å²) in [7, 11) is 0. The molecule has 6 heteroatoms. The molecule has 2 aromatic rings. The first-order valence-electron chi connectivity index (χ1n) is 8.34. The van der Waals surface area contributed by atoms with E-state index in [0.29, 0.717) is 11.6 Å². The maximum Gasteiger partial charge on any atom is 0.419 e. The molecule has 0 aliphatic heterocycles. The summed E-state index contributed by atoms with van der Waals surface area (Å²) in [6.45, 7) is 1.95. The highest BCUT2D eigenvalue weighted by molar-refractivity contribution is 5.41. The molecular weight excluding hydrogens is 315 g/mol. The molecule has 130 valence electrons. The van der Waals surface area contributed by atoms with Gasteiger partial charge in [-0.15, -0.1) is 0 Å². The number of aryl methyl sites for hydroxylation is 1. The van der Waals surface area contributed by atoms with Crippen LogP contribution in [0.15, 0.2) is 30.6 Å². The molecular formula is C18H22F3N3. The van der Waals surface area contributed by atoms with Gasteiger partial charge < -0.3 is 5.73 Å². The standard InChI is InChI=1S/C18H22F3N3/c1-12-9-15(24-11-14(10-23-24)18(19,20)21)7-8-16(12)17(22)13-5-3-2-4-6-13/h7-11,13,17H,2-6,22H2,1H3. The third kappa shape index (κ3) is 3.48. The average Bonchev–Trinajstić information content (AvgIpc) is 3.05. The first-order chi connectivity index (χ1) is 11.4. The van der Waals surface area contributed by atoms with E-state index in [1.807, 2.05) is 19.1 Å². The van der Waals surface area contributed by atoms with Crippen molar-refractivity contribution in [3.63, 3.8) is 0 Å². The molecule has 3 nitrogen and oxygen atoms in total. The molecule has 0 radical (unpaired) electrons. The molecule has 2 N–H and O–H groups in total. The molecule has 1 heterocycles. The molecule has 0 amide bonds. The Hall–Kier alpha value is -1.82. The van der Waals surface area contributed by atoms with Crippen molar-refractivity contribution in [2.75, 3.05) is 0 Å². The van der Waals surface area contributed by atoms with Gasteiger partial charge in [0.15, 0.2) is 0 Å². The van der Waals surface area contributed by atoms with E-state index in [-0.39, 0.29) is 6.04 Å². The van der Waals surface area contributed by atoms with Crippen LogP contribution in [0.4, 0.5) is 13.2 Å². The number of rotatable bonds is 3. The third-order valence-electron chi connectivity index (χ3n) is 4.94. The second-order valence-corrected chi connectivity index (χ2v) is 6.64. The van der Waals surface area contributed by atoms with E-state index in [9.17, 15) is 13.2 Å². The Morgan fingerprint density at radius 1 is 1.21 bits per heavy atom. The zero-order valence-corrected chi connectivity index (χ0v) is 13.7. The molecule has 0 bridgehead atoms. The number of halogens is 3. The zero-order chi connectivity index (χ0) is 17.3. The number of alkyl halides is 3. The Morgan fingerprint density at radius 2 is 1.92 bits per heavy atom. The van der Waals surface area contributed by atoms with Gasteiger partial charge in [0.2, 0.25) is 0 Å². The maximum absolute atomic E-state index is 12.7. The van der Waals surface area contributed by atoms with E-state index in [4.69, 9.17) is 5.73 Å². The van der Waals surface area contributed by atoms with Crippen LogP contribution in [0.1, 0.15) is 54.8 Å². The van der Waals surface area contributed by atoms with Gasteiger partial charge in [-0.1, -0.05) is 25.3 Å². The highest BCUT2D eigenvalue weighted by atomic mass is 19.4. The minimum Gasteiger partial charge on any atom is -0.324 e. The lowest BCUT2D eigenvalue weighted by Gasteiger charge is -2.28. The van der Waals surface area contributed by atoms with Crippen LogP contribution in [0.25, 0.3) is 5.69 Å². The van der Waals surface area contributed by atoms with E-state index in [2.05, 4.69) is 5.10 Å². The second-order valence-electron chi connectivity index (χ2n) is 6.64. The van der Waals surface area contributed by atoms with E-state index in [1.165, 1.54) is 23.9 Å². The Kier molecular flexibility index (Phi) is 4.67. The van der Waals surface area contributed by atoms with Crippen LogP contribution >= 0.6 is 0 Å². The Labute approximate surface area is 139 Å². The summed E-state index contributed by atoms with van der Waals surface area (Å²) in [5, 5.41) is 3.82. The summed E-state index contributed by atoms with van der Waals surface area (Å²) in [5.41, 5.74) is 8.39. The quantitative estimate of drug-likeness (QED) is 0.876. The smallest absolute Gasteiger partial charge is 0.324 e. The Bertz CT molecular complexity index is 700. The predicted octanol–water partition coefficient (Wildman–Crippen LogP) is 4.78. The highest BCUT2D eigenvalue weighted by Gasteiger charge is 2.32. The first kappa shape index (κ1) is 17.0. The minimum atomic E-state index is -4.38. The van der Waals surface area contributed by atoms with Gasteiger partial charge in [-0.3, -0.25) is 0 Å². The fourth-order valence-corrected chi connectivity index (χ4v) is 3.53. The predicted molar refractivity (Wildman–Crippen MR) is 86.8 cm³/mol. The maximum atomic E-state index is 12.7. The highest BCUT2D eigenvalue weighted by Crippen LogP contribution is 2.35. The zero-order valence-electron chi connectivity index (χ0n) is 13.7. The molecule has 1 aromatic carbocycles. The number of benzene rings is 1. The van der Waals surface area contributed by atoms with Crippen molar-refractivity contribution < 1.29 is 13.2 Å². The minimum absolute atomic E-state index is 0.0114. The van der Waals surface area contributed by atoms with Crippen molar-refractivity contribution in [1.29, 1.82) is 0 Å². The van der Waals surface area contributed by atoms with Gasteiger partial charge in [-0.05, 0) is 48.9 Å². The molecule has 1 atom stereocenters. The normalized spacial score (nSPS) is 17.9. The molecule has 1 saturated carbocycles. The van der Waals surface area contributed by atoms with Crippen LogP contribution in [0.3, 0.4) is 0 Å². The van der Waals surface area contributed by atoms with E-state index in [0.717, 1.165) is 36.4 Å². The van der Waals surface area contributed by atoms with Crippen molar-refractivity contribution in [3.05, 3.63) is 47.3 Å². The SMILES string of the molecule is Cc1cc(-n2cc(C(F)(F)F)cn2)ccc1C(N)C1CCCCC1. The number of aromatic nitrogens is 2. The van der Waals surface area contributed by atoms with Crippen LogP contribution in [0, 0.1) is 12.8 Å². The molecule has 0 spiro atoms. The van der Waals surface area contributed by atoms with Crippen LogP contribution < -0.4 is 5.73 Å². The van der Waals surface area contributed by atoms with Gasteiger partial charge >= 0.3 is 6.18 Å². The van der Waals surface area contributed by atoms with Gasteiger partial charge in [-0.25, -0.2) is 4.68 Å². The number of hydrogen-bond acceptors (Lipinski definition) is 2.